The van der Waals surface area contributed by atoms with Gasteiger partial charge in [-0.3, -0.25) is 4.79 Å². The molecule has 0 aliphatic heterocycles. The maximum absolute atomic E-state index is 11.2. The minimum absolute atomic E-state index is 0.289. The Bertz CT molecular complexity index is 211. The standard InChI is InChI=1S/C12H27N3O3/c1-4-15(5-2)7-6-14-11(12(13)16)10-18-9-8-17-3/h11,14H,4-10H2,1-3H3,(H2,13,16). The van der Waals surface area contributed by atoms with Gasteiger partial charge in [0, 0.05) is 20.2 Å². The lowest BCUT2D eigenvalue weighted by atomic mass is 10.3. The Kier molecular flexibility index (Phi) is 11.0. The number of nitrogens with one attached hydrogen (secondary N) is 1. The molecule has 6 heteroatoms. The second-order valence-corrected chi connectivity index (χ2v) is 4.00. The van der Waals surface area contributed by atoms with Gasteiger partial charge in [-0.1, -0.05) is 13.8 Å². The zero-order valence-corrected chi connectivity index (χ0v) is 11.8. The summed E-state index contributed by atoms with van der Waals surface area (Å²) in [5.74, 6) is -0.382. The number of rotatable bonds is 12. The average Bonchev–Trinajstić information content (AvgIpc) is 2.36. The molecule has 1 amide bonds. The fourth-order valence-corrected chi connectivity index (χ4v) is 1.52. The van der Waals surface area contributed by atoms with Crippen molar-refractivity contribution in [1.82, 2.24) is 10.2 Å². The minimum atomic E-state index is -0.433. The molecule has 6 nitrogen and oxygen atoms in total. The topological polar surface area (TPSA) is 76.8 Å². The van der Waals surface area contributed by atoms with Crippen molar-refractivity contribution in [3.8, 4) is 0 Å². The molecule has 0 aromatic heterocycles. The summed E-state index contributed by atoms with van der Waals surface area (Å²) in [6, 6.07) is -0.433. The molecule has 1 unspecified atom stereocenters. The summed E-state index contributed by atoms with van der Waals surface area (Å²) in [5.41, 5.74) is 5.31. The first-order valence-corrected chi connectivity index (χ1v) is 6.47. The summed E-state index contributed by atoms with van der Waals surface area (Å²) in [6.07, 6.45) is 0. The highest BCUT2D eigenvalue weighted by Gasteiger charge is 2.14. The first-order valence-electron chi connectivity index (χ1n) is 6.47. The molecule has 0 saturated heterocycles. The molecule has 0 aliphatic carbocycles. The van der Waals surface area contributed by atoms with Crippen molar-refractivity contribution in [3.63, 3.8) is 0 Å². The number of ether oxygens (including phenoxy) is 2. The Morgan fingerprint density at radius 3 is 2.50 bits per heavy atom. The number of nitrogens with zero attached hydrogens (tertiary/aromatic N) is 1. The molecule has 108 valence electrons. The number of hydrogen-bond donors (Lipinski definition) is 2. The zero-order chi connectivity index (χ0) is 13.8. The van der Waals surface area contributed by atoms with Gasteiger partial charge in [-0.2, -0.15) is 0 Å². The Balaban J connectivity index is 3.79. The number of methoxy groups -OCH3 is 1. The normalized spacial score (nSPS) is 12.9. The summed E-state index contributed by atoms with van der Waals surface area (Å²) >= 11 is 0. The maximum Gasteiger partial charge on any atom is 0.236 e. The van der Waals surface area contributed by atoms with E-state index in [-0.39, 0.29) is 12.5 Å². The van der Waals surface area contributed by atoms with E-state index >= 15 is 0 Å². The van der Waals surface area contributed by atoms with E-state index in [0.29, 0.717) is 13.2 Å². The Morgan fingerprint density at radius 2 is 2.00 bits per heavy atom. The monoisotopic (exact) mass is 261 g/mol. The molecule has 3 N–H and O–H groups in total. The van der Waals surface area contributed by atoms with Crippen molar-refractivity contribution in [1.29, 1.82) is 0 Å². The number of carbonyl (C=O) groups is 1. The predicted octanol–water partition coefficient (Wildman–Crippen LogP) is -0.565. The van der Waals surface area contributed by atoms with Gasteiger partial charge in [-0.05, 0) is 13.1 Å². The van der Waals surface area contributed by atoms with Crippen molar-refractivity contribution >= 4 is 5.91 Å². The Labute approximate surface area is 110 Å². The van der Waals surface area contributed by atoms with E-state index < -0.39 is 6.04 Å². The molecule has 1 atom stereocenters. The van der Waals surface area contributed by atoms with E-state index in [9.17, 15) is 4.79 Å². The molecule has 0 rings (SSSR count). The van der Waals surface area contributed by atoms with Gasteiger partial charge in [-0.25, -0.2) is 0 Å². The molecule has 18 heavy (non-hydrogen) atoms. The molecule has 0 spiro atoms. The second kappa shape index (κ2) is 11.4. The zero-order valence-electron chi connectivity index (χ0n) is 11.8. The third-order valence-corrected chi connectivity index (χ3v) is 2.77. The maximum atomic E-state index is 11.2. The molecule has 0 aromatic rings. The van der Waals surface area contributed by atoms with Gasteiger partial charge >= 0.3 is 0 Å². The minimum Gasteiger partial charge on any atom is -0.382 e. The number of nitrogens with two attached hydrogens (primary N) is 1. The summed E-state index contributed by atoms with van der Waals surface area (Å²) in [4.78, 5) is 13.5. The summed E-state index contributed by atoms with van der Waals surface area (Å²) in [6.45, 7) is 9.14. The molecule has 0 aliphatic rings. The van der Waals surface area contributed by atoms with Crippen LogP contribution in [0.5, 0.6) is 0 Å². The third kappa shape index (κ3) is 8.41. The summed E-state index contributed by atoms with van der Waals surface area (Å²) in [5, 5.41) is 3.11. The number of carbonyl (C=O) groups excluding carboxylic acids is 1. The van der Waals surface area contributed by atoms with Crippen LogP contribution in [0.3, 0.4) is 0 Å². The van der Waals surface area contributed by atoms with E-state index in [0.717, 1.165) is 26.2 Å². The van der Waals surface area contributed by atoms with Crippen molar-refractivity contribution < 1.29 is 14.3 Å². The molecule has 0 fully saturated rings. The smallest absolute Gasteiger partial charge is 0.236 e. The lowest BCUT2D eigenvalue weighted by Crippen LogP contribution is -2.47. The van der Waals surface area contributed by atoms with Crippen LogP contribution in [0.1, 0.15) is 13.8 Å². The van der Waals surface area contributed by atoms with Crippen LogP contribution < -0.4 is 11.1 Å². The van der Waals surface area contributed by atoms with E-state index in [1.54, 1.807) is 7.11 Å². The number of primary amides is 1. The van der Waals surface area contributed by atoms with Crippen molar-refractivity contribution in [2.45, 2.75) is 19.9 Å². The van der Waals surface area contributed by atoms with Crippen LogP contribution >= 0.6 is 0 Å². The predicted molar refractivity (Wildman–Crippen MR) is 71.5 cm³/mol. The fourth-order valence-electron chi connectivity index (χ4n) is 1.52. The molecule has 0 radical (unpaired) electrons. The van der Waals surface area contributed by atoms with Gasteiger partial charge in [-0.15, -0.1) is 0 Å². The quantitative estimate of drug-likeness (QED) is 0.460. The summed E-state index contributed by atoms with van der Waals surface area (Å²) in [7, 11) is 1.61. The van der Waals surface area contributed by atoms with Gasteiger partial charge in [0.05, 0.1) is 19.8 Å². The van der Waals surface area contributed by atoms with E-state index in [2.05, 4.69) is 24.1 Å². The van der Waals surface area contributed by atoms with Crippen molar-refractivity contribution in [3.05, 3.63) is 0 Å². The van der Waals surface area contributed by atoms with Gasteiger partial charge in [0.1, 0.15) is 6.04 Å². The first kappa shape index (κ1) is 17.3. The molecular weight excluding hydrogens is 234 g/mol. The van der Waals surface area contributed by atoms with Gasteiger partial charge in [0.2, 0.25) is 5.91 Å². The number of likely N-dealkylation sites (N-methyl/N-ethyl adjacent to an activating group) is 1. The van der Waals surface area contributed by atoms with Crippen molar-refractivity contribution in [2.75, 3.05) is 53.1 Å². The van der Waals surface area contributed by atoms with Crippen LogP contribution in [0.25, 0.3) is 0 Å². The van der Waals surface area contributed by atoms with Crippen LogP contribution in [-0.4, -0.2) is 70.0 Å². The van der Waals surface area contributed by atoms with Crippen LogP contribution in [0.4, 0.5) is 0 Å². The lowest BCUT2D eigenvalue weighted by Gasteiger charge is -2.20. The SMILES string of the molecule is CCN(CC)CCNC(COCCOC)C(N)=O. The molecule has 0 saturated carbocycles. The third-order valence-electron chi connectivity index (χ3n) is 2.77. The molecule has 0 aromatic carbocycles. The molecule has 0 heterocycles. The Hall–Kier alpha value is -0.690. The number of amides is 1. The number of hydrogen-bond acceptors (Lipinski definition) is 5. The van der Waals surface area contributed by atoms with Gasteiger partial charge in [0.15, 0.2) is 0 Å². The van der Waals surface area contributed by atoms with Gasteiger partial charge < -0.3 is 25.4 Å². The highest BCUT2D eigenvalue weighted by atomic mass is 16.5. The second-order valence-electron chi connectivity index (χ2n) is 4.00. The van der Waals surface area contributed by atoms with Crippen LogP contribution in [0.15, 0.2) is 0 Å². The highest BCUT2D eigenvalue weighted by Crippen LogP contribution is 1.89. The van der Waals surface area contributed by atoms with E-state index in [1.807, 2.05) is 0 Å². The average molecular weight is 261 g/mol. The highest BCUT2D eigenvalue weighted by molar-refractivity contribution is 5.79. The molecular formula is C12H27N3O3. The summed E-state index contributed by atoms with van der Waals surface area (Å²) < 4.78 is 10.2. The lowest BCUT2D eigenvalue weighted by molar-refractivity contribution is -0.121. The molecule has 0 bridgehead atoms. The fraction of sp³-hybridized carbons (Fsp3) is 0.917. The van der Waals surface area contributed by atoms with E-state index in [4.69, 9.17) is 15.2 Å². The van der Waals surface area contributed by atoms with Crippen LogP contribution in [0.2, 0.25) is 0 Å². The van der Waals surface area contributed by atoms with Crippen LogP contribution in [-0.2, 0) is 14.3 Å². The van der Waals surface area contributed by atoms with Crippen LogP contribution in [0, 0.1) is 0 Å². The first-order chi connectivity index (χ1) is 8.65. The Morgan fingerprint density at radius 1 is 1.33 bits per heavy atom. The van der Waals surface area contributed by atoms with Crippen molar-refractivity contribution in [2.24, 2.45) is 5.73 Å². The largest absolute Gasteiger partial charge is 0.382 e. The van der Waals surface area contributed by atoms with E-state index in [1.165, 1.54) is 0 Å². The van der Waals surface area contributed by atoms with Gasteiger partial charge in [0.25, 0.3) is 0 Å².